The molecule has 1 spiro atoms. The molecule has 1 amide bonds. The van der Waals surface area contributed by atoms with Crippen molar-refractivity contribution in [1.82, 2.24) is 10.6 Å². The van der Waals surface area contributed by atoms with Gasteiger partial charge in [-0.25, -0.2) is 0 Å². The van der Waals surface area contributed by atoms with Crippen LogP contribution in [0.1, 0.15) is 24.8 Å². The summed E-state index contributed by atoms with van der Waals surface area (Å²) in [6, 6.07) is 10.1. The molecule has 1 aromatic rings. The summed E-state index contributed by atoms with van der Waals surface area (Å²) in [4.78, 5) is 12.1. The van der Waals surface area contributed by atoms with E-state index in [-0.39, 0.29) is 11.8 Å². The number of ether oxygens (including phenoxy) is 1. The summed E-state index contributed by atoms with van der Waals surface area (Å²) in [7, 11) is 0. The summed E-state index contributed by atoms with van der Waals surface area (Å²) in [5, 5.41) is 6.38. The molecular formula is C17H24N2O2. The Kier molecular flexibility index (Phi) is 4.56. The van der Waals surface area contributed by atoms with Crippen LogP contribution in [0.25, 0.3) is 0 Å². The Bertz CT molecular complexity index is 469. The molecule has 1 aliphatic carbocycles. The minimum Gasteiger partial charge on any atom is -0.375 e. The van der Waals surface area contributed by atoms with Crippen LogP contribution < -0.4 is 10.6 Å². The highest BCUT2D eigenvalue weighted by Crippen LogP contribution is 2.58. The topological polar surface area (TPSA) is 50.4 Å². The maximum Gasteiger partial charge on any atom is 0.223 e. The molecule has 1 saturated heterocycles. The lowest BCUT2D eigenvalue weighted by Crippen LogP contribution is -2.34. The third-order valence-corrected chi connectivity index (χ3v) is 4.76. The van der Waals surface area contributed by atoms with E-state index >= 15 is 0 Å². The molecule has 21 heavy (non-hydrogen) atoms. The van der Waals surface area contributed by atoms with Crippen molar-refractivity contribution in [2.45, 2.75) is 25.9 Å². The van der Waals surface area contributed by atoms with Gasteiger partial charge in [-0.1, -0.05) is 30.3 Å². The van der Waals surface area contributed by atoms with E-state index in [9.17, 15) is 4.79 Å². The van der Waals surface area contributed by atoms with Gasteiger partial charge >= 0.3 is 0 Å². The Balaban J connectivity index is 1.30. The molecule has 114 valence electrons. The van der Waals surface area contributed by atoms with E-state index in [1.165, 1.54) is 5.56 Å². The molecule has 1 saturated carbocycles. The summed E-state index contributed by atoms with van der Waals surface area (Å²) < 4.78 is 5.58. The molecule has 0 unspecified atom stereocenters. The second kappa shape index (κ2) is 6.58. The van der Waals surface area contributed by atoms with Crippen molar-refractivity contribution in [2.24, 2.45) is 11.3 Å². The lowest BCUT2D eigenvalue weighted by Gasteiger charge is -2.23. The van der Waals surface area contributed by atoms with Gasteiger partial charge in [-0.3, -0.25) is 4.79 Å². The smallest absolute Gasteiger partial charge is 0.223 e. The number of nitrogens with one attached hydrogen (secondary N) is 2. The van der Waals surface area contributed by atoms with Crippen LogP contribution in [0.15, 0.2) is 30.3 Å². The monoisotopic (exact) mass is 288 g/mol. The van der Waals surface area contributed by atoms with Crippen LogP contribution in [0.2, 0.25) is 0 Å². The van der Waals surface area contributed by atoms with Crippen molar-refractivity contribution in [3.63, 3.8) is 0 Å². The average Bonchev–Trinajstić information content (AvgIpc) is 3.22. The second-order valence-corrected chi connectivity index (χ2v) is 6.20. The van der Waals surface area contributed by atoms with Crippen LogP contribution in [-0.2, 0) is 16.1 Å². The summed E-state index contributed by atoms with van der Waals surface area (Å²) >= 11 is 0. The number of hydrogen-bond donors (Lipinski definition) is 2. The Morgan fingerprint density at radius 2 is 2.05 bits per heavy atom. The first kappa shape index (κ1) is 14.5. The first-order valence-electron chi connectivity index (χ1n) is 7.90. The minimum atomic E-state index is 0.222. The van der Waals surface area contributed by atoms with Crippen LogP contribution in [0.4, 0.5) is 0 Å². The molecule has 4 heteroatoms. The Morgan fingerprint density at radius 1 is 1.29 bits per heavy atom. The fraction of sp³-hybridized carbons (Fsp3) is 0.588. The number of piperidine rings is 1. The largest absolute Gasteiger partial charge is 0.375 e. The zero-order valence-electron chi connectivity index (χ0n) is 12.4. The summed E-state index contributed by atoms with van der Waals surface area (Å²) in [5.41, 5.74) is 1.49. The molecule has 0 bridgehead atoms. The number of hydrogen-bond acceptors (Lipinski definition) is 3. The molecule has 4 nitrogen and oxygen atoms in total. The summed E-state index contributed by atoms with van der Waals surface area (Å²) in [5.74, 6) is 0.467. The highest BCUT2D eigenvalue weighted by Gasteiger charge is 2.57. The van der Waals surface area contributed by atoms with Crippen molar-refractivity contribution < 1.29 is 9.53 Å². The molecule has 2 aliphatic rings. The predicted molar refractivity (Wildman–Crippen MR) is 81.8 cm³/mol. The van der Waals surface area contributed by atoms with E-state index < -0.39 is 0 Å². The van der Waals surface area contributed by atoms with Gasteiger partial charge in [-0.2, -0.15) is 0 Å². The van der Waals surface area contributed by atoms with Crippen molar-refractivity contribution in [2.75, 3.05) is 26.2 Å². The van der Waals surface area contributed by atoms with Gasteiger partial charge in [-0.15, -0.1) is 0 Å². The summed E-state index contributed by atoms with van der Waals surface area (Å²) in [6.45, 7) is 3.90. The van der Waals surface area contributed by atoms with E-state index in [0.717, 1.165) is 32.4 Å². The van der Waals surface area contributed by atoms with Gasteiger partial charge in [0.2, 0.25) is 5.91 Å². The van der Waals surface area contributed by atoms with Gasteiger partial charge in [-0.05, 0) is 43.3 Å². The average molecular weight is 288 g/mol. The van der Waals surface area contributed by atoms with Crippen molar-refractivity contribution >= 4 is 5.91 Å². The van der Waals surface area contributed by atoms with Crippen LogP contribution >= 0.6 is 0 Å². The minimum absolute atomic E-state index is 0.222. The quantitative estimate of drug-likeness (QED) is 0.784. The van der Waals surface area contributed by atoms with Crippen LogP contribution in [0.5, 0.6) is 0 Å². The normalized spacial score (nSPS) is 23.0. The Morgan fingerprint density at radius 3 is 2.81 bits per heavy atom. The first-order valence-corrected chi connectivity index (χ1v) is 7.90. The number of carbonyl (C=O) groups excluding carboxylic acids is 1. The van der Waals surface area contributed by atoms with Crippen molar-refractivity contribution in [3.05, 3.63) is 35.9 Å². The fourth-order valence-corrected chi connectivity index (χ4v) is 3.33. The third kappa shape index (κ3) is 3.63. The van der Waals surface area contributed by atoms with E-state index in [2.05, 4.69) is 10.6 Å². The zero-order valence-corrected chi connectivity index (χ0v) is 12.4. The third-order valence-electron chi connectivity index (χ3n) is 4.76. The van der Waals surface area contributed by atoms with E-state index in [4.69, 9.17) is 4.74 Å². The fourth-order valence-electron chi connectivity index (χ4n) is 3.33. The molecule has 1 aromatic carbocycles. The number of carbonyl (C=O) groups is 1. The van der Waals surface area contributed by atoms with Crippen molar-refractivity contribution in [3.8, 4) is 0 Å². The molecular weight excluding hydrogens is 264 g/mol. The van der Waals surface area contributed by atoms with Gasteiger partial charge in [0.15, 0.2) is 0 Å². The van der Waals surface area contributed by atoms with Gasteiger partial charge in [0.1, 0.15) is 0 Å². The molecule has 1 aliphatic heterocycles. The van der Waals surface area contributed by atoms with Gasteiger partial charge in [0, 0.05) is 12.5 Å². The van der Waals surface area contributed by atoms with Gasteiger partial charge < -0.3 is 15.4 Å². The maximum atomic E-state index is 12.1. The maximum absolute atomic E-state index is 12.1. The SMILES string of the molecule is O=C(NCCOCc1ccccc1)[C@@H]1CC12CCNCC2. The Hall–Kier alpha value is -1.39. The molecule has 1 atom stereocenters. The second-order valence-electron chi connectivity index (χ2n) is 6.20. The van der Waals surface area contributed by atoms with Crippen LogP contribution in [-0.4, -0.2) is 32.1 Å². The van der Waals surface area contributed by atoms with E-state index in [0.29, 0.717) is 25.2 Å². The van der Waals surface area contributed by atoms with E-state index in [1.54, 1.807) is 0 Å². The summed E-state index contributed by atoms with van der Waals surface area (Å²) in [6.07, 6.45) is 3.37. The molecule has 1 heterocycles. The standard InChI is InChI=1S/C17H24N2O2/c20-16(15-12-17(15)6-8-18-9-7-17)19-10-11-21-13-14-4-2-1-3-5-14/h1-5,15,18H,6-13H2,(H,19,20)/t15-/m0/s1. The van der Waals surface area contributed by atoms with Gasteiger partial charge in [0.25, 0.3) is 0 Å². The number of amides is 1. The highest BCUT2D eigenvalue weighted by atomic mass is 16.5. The highest BCUT2D eigenvalue weighted by molar-refractivity contribution is 5.82. The molecule has 2 fully saturated rings. The molecule has 0 aromatic heterocycles. The predicted octanol–water partition coefficient (Wildman–Crippen LogP) is 1.71. The van der Waals surface area contributed by atoms with Crippen LogP contribution in [0, 0.1) is 11.3 Å². The number of rotatable bonds is 6. The van der Waals surface area contributed by atoms with E-state index in [1.807, 2.05) is 30.3 Å². The van der Waals surface area contributed by atoms with Crippen LogP contribution in [0.3, 0.4) is 0 Å². The lowest BCUT2D eigenvalue weighted by atomic mass is 9.92. The van der Waals surface area contributed by atoms with Crippen molar-refractivity contribution in [1.29, 1.82) is 0 Å². The molecule has 0 radical (unpaired) electrons. The molecule has 2 N–H and O–H groups in total. The lowest BCUT2D eigenvalue weighted by molar-refractivity contribution is -0.123. The first-order chi connectivity index (χ1) is 10.3. The number of benzene rings is 1. The zero-order chi connectivity index (χ0) is 14.5. The van der Waals surface area contributed by atoms with Gasteiger partial charge in [0.05, 0.1) is 13.2 Å². The molecule has 3 rings (SSSR count). The Labute approximate surface area is 126 Å².